The van der Waals surface area contributed by atoms with Gasteiger partial charge < -0.3 is 0 Å². The molecule has 1 heterocycles. The summed E-state index contributed by atoms with van der Waals surface area (Å²) in [5.41, 5.74) is 2.10. The van der Waals surface area contributed by atoms with Gasteiger partial charge in [0.2, 0.25) is 0 Å². The highest BCUT2D eigenvalue weighted by Crippen LogP contribution is 2.36. The van der Waals surface area contributed by atoms with Gasteiger partial charge in [0.25, 0.3) is 0 Å². The number of hydrogen-bond acceptors (Lipinski definition) is 2. The van der Waals surface area contributed by atoms with Crippen molar-refractivity contribution in [1.82, 2.24) is 9.97 Å². The fourth-order valence-electron chi connectivity index (χ4n) is 2.91. The van der Waals surface area contributed by atoms with Crippen molar-refractivity contribution < 1.29 is 0 Å². The van der Waals surface area contributed by atoms with Crippen LogP contribution in [0.2, 0.25) is 0 Å². The van der Waals surface area contributed by atoms with Crippen LogP contribution in [0.4, 0.5) is 0 Å². The zero-order valence-electron chi connectivity index (χ0n) is 11.6. The van der Waals surface area contributed by atoms with Crippen LogP contribution >= 0.6 is 11.6 Å². The maximum absolute atomic E-state index is 6.10. The Hall–Kier alpha value is -0.630. The number of nitrogens with zero attached hydrogens (tertiary/aromatic N) is 2. The average Bonchev–Trinajstić information content (AvgIpc) is 2.38. The zero-order chi connectivity index (χ0) is 13.1. The molecule has 1 aliphatic carbocycles. The predicted molar refractivity (Wildman–Crippen MR) is 76.0 cm³/mol. The Bertz CT molecular complexity index is 395. The molecule has 2 rings (SSSR count). The highest BCUT2D eigenvalue weighted by atomic mass is 35.5. The second-order valence-corrected chi connectivity index (χ2v) is 6.17. The first-order chi connectivity index (χ1) is 8.61. The summed E-state index contributed by atoms with van der Waals surface area (Å²) in [6, 6.07) is 0. The van der Waals surface area contributed by atoms with E-state index >= 15 is 0 Å². The van der Waals surface area contributed by atoms with Gasteiger partial charge in [-0.1, -0.05) is 13.3 Å². The summed E-state index contributed by atoms with van der Waals surface area (Å²) in [7, 11) is 0. The average molecular weight is 267 g/mol. The van der Waals surface area contributed by atoms with Crippen molar-refractivity contribution in [3.63, 3.8) is 0 Å². The summed E-state index contributed by atoms with van der Waals surface area (Å²) < 4.78 is 0. The Balaban J connectivity index is 2.08. The highest BCUT2D eigenvalue weighted by Gasteiger charge is 2.23. The Morgan fingerprint density at radius 2 is 2.00 bits per heavy atom. The molecule has 3 heteroatoms. The Kier molecular flexibility index (Phi) is 4.60. The van der Waals surface area contributed by atoms with Crippen molar-refractivity contribution in [1.29, 1.82) is 0 Å². The molecule has 1 fully saturated rings. The molecule has 0 amide bonds. The second-order valence-electron chi connectivity index (χ2n) is 5.51. The standard InChI is InChI=1S/C15H23ClN2/c1-4-12-5-7-13(8-6-12)15-17-9-14(10(2)16)11(3)18-15/h9-10,12-13H,4-8H2,1-3H3. The van der Waals surface area contributed by atoms with Crippen LogP contribution in [0.25, 0.3) is 0 Å². The number of alkyl halides is 1. The first-order valence-electron chi connectivity index (χ1n) is 7.09. The third-order valence-electron chi connectivity index (χ3n) is 4.25. The Morgan fingerprint density at radius 1 is 1.33 bits per heavy atom. The number of halogens is 1. The van der Waals surface area contributed by atoms with Gasteiger partial charge in [-0.3, -0.25) is 0 Å². The minimum atomic E-state index is -0.00474. The lowest BCUT2D eigenvalue weighted by Gasteiger charge is -2.27. The lowest BCUT2D eigenvalue weighted by Crippen LogP contribution is -2.15. The predicted octanol–water partition coefficient (Wildman–Crippen LogP) is 4.77. The lowest BCUT2D eigenvalue weighted by molar-refractivity contribution is 0.312. The van der Waals surface area contributed by atoms with Crippen molar-refractivity contribution >= 4 is 11.6 Å². The summed E-state index contributed by atoms with van der Waals surface area (Å²) in [4.78, 5) is 9.21. The largest absolute Gasteiger partial charge is 0.241 e. The van der Waals surface area contributed by atoms with Crippen LogP contribution < -0.4 is 0 Å². The normalized spacial score (nSPS) is 26.0. The molecule has 1 aromatic heterocycles. The molecule has 2 nitrogen and oxygen atoms in total. The van der Waals surface area contributed by atoms with Gasteiger partial charge in [0.05, 0.1) is 5.38 Å². The van der Waals surface area contributed by atoms with Crippen molar-refractivity contribution in [3.8, 4) is 0 Å². The van der Waals surface area contributed by atoms with Crippen LogP contribution in [0.3, 0.4) is 0 Å². The first-order valence-corrected chi connectivity index (χ1v) is 7.53. The van der Waals surface area contributed by atoms with Crippen molar-refractivity contribution in [2.45, 2.75) is 64.2 Å². The van der Waals surface area contributed by atoms with Gasteiger partial charge in [-0.15, -0.1) is 11.6 Å². The van der Waals surface area contributed by atoms with E-state index in [4.69, 9.17) is 11.6 Å². The van der Waals surface area contributed by atoms with E-state index in [0.29, 0.717) is 5.92 Å². The van der Waals surface area contributed by atoms with E-state index < -0.39 is 0 Å². The molecule has 1 aliphatic rings. The molecule has 0 saturated heterocycles. The number of aryl methyl sites for hydroxylation is 1. The van der Waals surface area contributed by atoms with Gasteiger partial charge in [-0.25, -0.2) is 9.97 Å². The molecule has 0 spiro atoms. The fraction of sp³-hybridized carbons (Fsp3) is 0.733. The summed E-state index contributed by atoms with van der Waals surface area (Å²) in [6.45, 7) is 6.30. The number of hydrogen-bond donors (Lipinski definition) is 0. The molecule has 0 aromatic carbocycles. The van der Waals surface area contributed by atoms with Gasteiger partial charge in [0, 0.05) is 23.4 Å². The van der Waals surface area contributed by atoms with Gasteiger partial charge in [-0.2, -0.15) is 0 Å². The van der Waals surface area contributed by atoms with E-state index in [1.54, 1.807) is 0 Å². The minimum absolute atomic E-state index is 0.00474. The first kappa shape index (κ1) is 13.8. The quantitative estimate of drug-likeness (QED) is 0.737. The SMILES string of the molecule is CCC1CCC(c2ncc(C(C)Cl)c(C)n2)CC1. The summed E-state index contributed by atoms with van der Waals surface area (Å²) >= 11 is 6.10. The van der Waals surface area contributed by atoms with Gasteiger partial charge in [-0.05, 0) is 45.4 Å². The fourth-order valence-corrected chi connectivity index (χ4v) is 3.12. The Labute approximate surface area is 115 Å². The highest BCUT2D eigenvalue weighted by molar-refractivity contribution is 6.20. The van der Waals surface area contributed by atoms with E-state index in [2.05, 4.69) is 16.9 Å². The molecule has 1 saturated carbocycles. The topological polar surface area (TPSA) is 25.8 Å². The third kappa shape index (κ3) is 3.03. The zero-order valence-corrected chi connectivity index (χ0v) is 12.4. The van der Waals surface area contributed by atoms with E-state index in [1.165, 1.54) is 32.1 Å². The summed E-state index contributed by atoms with van der Waals surface area (Å²) in [6.07, 6.45) is 8.38. The van der Waals surface area contributed by atoms with Crippen LogP contribution in [0.5, 0.6) is 0 Å². The van der Waals surface area contributed by atoms with E-state index in [-0.39, 0.29) is 5.38 Å². The van der Waals surface area contributed by atoms with Crippen molar-refractivity contribution in [2.24, 2.45) is 5.92 Å². The maximum atomic E-state index is 6.10. The van der Waals surface area contributed by atoms with Crippen LogP contribution in [-0.2, 0) is 0 Å². The number of aromatic nitrogens is 2. The molecule has 0 radical (unpaired) electrons. The summed E-state index contributed by atoms with van der Waals surface area (Å²) in [5, 5.41) is -0.00474. The molecule has 0 bridgehead atoms. The molecular formula is C15H23ClN2. The molecule has 0 aliphatic heterocycles. The Morgan fingerprint density at radius 3 is 2.50 bits per heavy atom. The van der Waals surface area contributed by atoms with Gasteiger partial charge in [0.1, 0.15) is 5.82 Å². The van der Waals surface area contributed by atoms with Crippen molar-refractivity contribution in [3.05, 3.63) is 23.3 Å². The van der Waals surface area contributed by atoms with Crippen molar-refractivity contribution in [2.75, 3.05) is 0 Å². The molecule has 100 valence electrons. The molecule has 1 aromatic rings. The van der Waals surface area contributed by atoms with E-state index in [0.717, 1.165) is 23.0 Å². The number of rotatable bonds is 3. The van der Waals surface area contributed by atoms with Crippen LogP contribution in [-0.4, -0.2) is 9.97 Å². The monoisotopic (exact) mass is 266 g/mol. The van der Waals surface area contributed by atoms with E-state index in [9.17, 15) is 0 Å². The van der Waals surface area contributed by atoms with Gasteiger partial charge in [0.15, 0.2) is 0 Å². The molecule has 1 unspecified atom stereocenters. The van der Waals surface area contributed by atoms with Gasteiger partial charge >= 0.3 is 0 Å². The lowest BCUT2D eigenvalue weighted by atomic mass is 9.80. The van der Waals surface area contributed by atoms with Crippen LogP contribution in [0, 0.1) is 12.8 Å². The smallest absolute Gasteiger partial charge is 0.131 e. The molecule has 18 heavy (non-hydrogen) atoms. The molecular weight excluding hydrogens is 244 g/mol. The minimum Gasteiger partial charge on any atom is -0.241 e. The third-order valence-corrected chi connectivity index (χ3v) is 4.49. The second kappa shape index (κ2) is 6.01. The molecule has 0 N–H and O–H groups in total. The van der Waals surface area contributed by atoms with E-state index in [1.807, 2.05) is 20.0 Å². The molecule has 1 atom stereocenters. The maximum Gasteiger partial charge on any atom is 0.131 e. The van der Waals surface area contributed by atoms with Crippen LogP contribution in [0.1, 0.15) is 74.3 Å². The van der Waals surface area contributed by atoms with Crippen LogP contribution in [0.15, 0.2) is 6.20 Å². The summed E-state index contributed by atoms with van der Waals surface area (Å²) in [5.74, 6) is 2.51.